The van der Waals surface area contributed by atoms with Crippen molar-refractivity contribution in [1.82, 2.24) is 10.6 Å². The van der Waals surface area contributed by atoms with Gasteiger partial charge in [0, 0.05) is 13.1 Å². The van der Waals surface area contributed by atoms with E-state index in [1.807, 2.05) is 6.92 Å². The number of carbonyl (C=O) groups excluding carboxylic acids is 1. The maximum atomic E-state index is 13.8. The van der Waals surface area contributed by atoms with Crippen LogP contribution in [0.2, 0.25) is 0 Å². The highest BCUT2D eigenvalue weighted by Gasteiger charge is 2.07. The number of carbonyl (C=O) groups is 1. The third kappa shape index (κ3) is 6.02. The lowest BCUT2D eigenvalue weighted by atomic mass is 10.2. The highest BCUT2D eigenvalue weighted by molar-refractivity contribution is 5.77. The quantitative estimate of drug-likeness (QED) is 0.767. The fraction of sp³-hybridized carbons (Fsp3) is 0.533. The minimum atomic E-state index is -0.446. The number of likely N-dealkylation sites (N-methyl/N-ethyl adjacent to an activating group) is 1. The second kappa shape index (κ2) is 8.53. The molecule has 0 fully saturated rings. The number of hydrogen-bond donors (Lipinski definition) is 2. The molecule has 5 heteroatoms. The molecule has 20 heavy (non-hydrogen) atoms. The molecule has 0 spiro atoms. The zero-order chi connectivity index (χ0) is 15.0. The van der Waals surface area contributed by atoms with E-state index < -0.39 is 5.82 Å². The Kier molecular flexibility index (Phi) is 7.01. The Morgan fingerprint density at radius 2 is 2.15 bits per heavy atom. The van der Waals surface area contributed by atoms with Gasteiger partial charge in [-0.05, 0) is 37.1 Å². The van der Waals surface area contributed by atoms with E-state index in [-0.39, 0.29) is 18.3 Å². The molecule has 1 rings (SSSR count). The maximum absolute atomic E-state index is 13.8. The number of amides is 1. The molecule has 0 radical (unpaired) electrons. The molecule has 2 N–H and O–H groups in total. The Balaban J connectivity index is 2.48. The number of benzene rings is 1. The molecule has 112 valence electrons. The number of ether oxygens (including phenoxy) is 1. The van der Waals surface area contributed by atoms with E-state index >= 15 is 0 Å². The molecule has 0 heterocycles. The van der Waals surface area contributed by atoms with Crippen molar-refractivity contribution < 1.29 is 13.9 Å². The van der Waals surface area contributed by atoms with Crippen LogP contribution in [0.25, 0.3) is 0 Å². The largest absolute Gasteiger partial charge is 0.481 e. The van der Waals surface area contributed by atoms with E-state index in [4.69, 9.17) is 4.74 Å². The van der Waals surface area contributed by atoms with Crippen molar-refractivity contribution in [2.24, 2.45) is 5.92 Å². The van der Waals surface area contributed by atoms with Gasteiger partial charge in [0.15, 0.2) is 18.2 Å². The molecule has 0 aliphatic heterocycles. The van der Waals surface area contributed by atoms with Crippen LogP contribution in [0.15, 0.2) is 18.2 Å². The van der Waals surface area contributed by atoms with E-state index in [2.05, 4.69) is 24.5 Å². The molecular formula is C15H23FN2O2. The molecule has 0 saturated heterocycles. The fourth-order valence-electron chi connectivity index (χ4n) is 1.67. The van der Waals surface area contributed by atoms with Gasteiger partial charge in [-0.1, -0.05) is 19.9 Å². The van der Waals surface area contributed by atoms with Gasteiger partial charge in [0.25, 0.3) is 5.91 Å². The Morgan fingerprint density at radius 1 is 1.40 bits per heavy atom. The average Bonchev–Trinajstić information content (AvgIpc) is 2.37. The van der Waals surface area contributed by atoms with E-state index in [1.165, 1.54) is 6.07 Å². The summed E-state index contributed by atoms with van der Waals surface area (Å²) in [4.78, 5) is 11.2. The van der Waals surface area contributed by atoms with Gasteiger partial charge < -0.3 is 15.4 Å². The van der Waals surface area contributed by atoms with Crippen molar-refractivity contribution in [3.8, 4) is 5.75 Å². The summed E-state index contributed by atoms with van der Waals surface area (Å²) >= 11 is 0. The molecule has 0 bridgehead atoms. The lowest BCUT2D eigenvalue weighted by Crippen LogP contribution is -2.28. The van der Waals surface area contributed by atoms with Gasteiger partial charge in [-0.15, -0.1) is 0 Å². The molecular weight excluding hydrogens is 259 g/mol. The summed E-state index contributed by atoms with van der Waals surface area (Å²) in [7, 11) is 0. The molecule has 0 aliphatic rings. The Morgan fingerprint density at radius 3 is 2.75 bits per heavy atom. The molecule has 0 atom stereocenters. The summed E-state index contributed by atoms with van der Waals surface area (Å²) in [5, 5.41) is 5.83. The predicted molar refractivity (Wildman–Crippen MR) is 77.1 cm³/mol. The van der Waals surface area contributed by atoms with Crippen LogP contribution in [0.1, 0.15) is 26.3 Å². The Labute approximate surface area is 119 Å². The molecule has 1 amide bonds. The van der Waals surface area contributed by atoms with Gasteiger partial charge in [0.2, 0.25) is 0 Å². The summed E-state index contributed by atoms with van der Waals surface area (Å²) in [5.74, 6) is -0.0453. The first-order valence-electron chi connectivity index (χ1n) is 6.91. The van der Waals surface area contributed by atoms with E-state index in [0.29, 0.717) is 19.0 Å². The smallest absolute Gasteiger partial charge is 0.257 e. The van der Waals surface area contributed by atoms with Crippen LogP contribution < -0.4 is 15.4 Å². The van der Waals surface area contributed by atoms with Gasteiger partial charge >= 0.3 is 0 Å². The van der Waals surface area contributed by atoms with Crippen molar-refractivity contribution in [3.63, 3.8) is 0 Å². The highest BCUT2D eigenvalue weighted by atomic mass is 19.1. The molecule has 1 aromatic rings. The summed E-state index contributed by atoms with van der Waals surface area (Å²) < 4.78 is 18.9. The summed E-state index contributed by atoms with van der Waals surface area (Å²) in [6.07, 6.45) is 0. The topological polar surface area (TPSA) is 50.4 Å². The van der Waals surface area contributed by atoms with Crippen molar-refractivity contribution >= 4 is 5.91 Å². The normalized spacial score (nSPS) is 10.7. The molecule has 0 aliphatic carbocycles. The lowest BCUT2D eigenvalue weighted by molar-refractivity contribution is -0.123. The Hall–Kier alpha value is -1.62. The molecule has 1 aromatic carbocycles. The third-order valence-electron chi connectivity index (χ3n) is 2.61. The van der Waals surface area contributed by atoms with Gasteiger partial charge in [0.05, 0.1) is 0 Å². The molecule has 0 saturated carbocycles. The van der Waals surface area contributed by atoms with Gasteiger partial charge in [-0.25, -0.2) is 4.39 Å². The fourth-order valence-corrected chi connectivity index (χ4v) is 1.67. The second-order valence-electron chi connectivity index (χ2n) is 5.03. The first-order valence-corrected chi connectivity index (χ1v) is 6.91. The highest BCUT2D eigenvalue weighted by Crippen LogP contribution is 2.18. The number of hydrogen-bond acceptors (Lipinski definition) is 3. The van der Waals surface area contributed by atoms with Gasteiger partial charge in [-0.2, -0.15) is 0 Å². The van der Waals surface area contributed by atoms with Gasteiger partial charge in [-0.3, -0.25) is 4.79 Å². The summed E-state index contributed by atoms with van der Waals surface area (Å²) in [6.45, 7) is 7.92. The van der Waals surface area contributed by atoms with E-state index in [0.717, 1.165) is 12.1 Å². The van der Waals surface area contributed by atoms with Crippen LogP contribution in [0.3, 0.4) is 0 Å². The van der Waals surface area contributed by atoms with Crippen LogP contribution >= 0.6 is 0 Å². The first kappa shape index (κ1) is 16.4. The molecule has 0 unspecified atom stereocenters. The average molecular weight is 282 g/mol. The van der Waals surface area contributed by atoms with Crippen molar-refractivity contribution in [2.45, 2.75) is 27.3 Å². The van der Waals surface area contributed by atoms with Crippen LogP contribution in [0.5, 0.6) is 5.75 Å². The number of nitrogens with one attached hydrogen (secondary N) is 2. The Bertz CT molecular complexity index is 436. The van der Waals surface area contributed by atoms with Crippen molar-refractivity contribution in [1.29, 1.82) is 0 Å². The summed E-state index contributed by atoms with van der Waals surface area (Å²) in [5.41, 5.74) is 0.855. The zero-order valence-corrected chi connectivity index (χ0v) is 12.3. The second-order valence-corrected chi connectivity index (χ2v) is 5.03. The standard InChI is InChI=1S/C15H23FN2O2/c1-4-18-15(19)10-20-14-6-5-12(7-13(14)16)9-17-8-11(2)3/h5-7,11,17H,4,8-10H2,1-3H3,(H,18,19). The van der Waals surface area contributed by atoms with Crippen LogP contribution in [-0.2, 0) is 11.3 Å². The maximum Gasteiger partial charge on any atom is 0.257 e. The predicted octanol–water partition coefficient (Wildman–Crippen LogP) is 2.09. The van der Waals surface area contributed by atoms with Gasteiger partial charge in [0.1, 0.15) is 0 Å². The van der Waals surface area contributed by atoms with Crippen molar-refractivity contribution in [2.75, 3.05) is 19.7 Å². The van der Waals surface area contributed by atoms with Crippen LogP contribution in [0.4, 0.5) is 4.39 Å². The monoisotopic (exact) mass is 282 g/mol. The minimum absolute atomic E-state index is 0.101. The van der Waals surface area contributed by atoms with E-state index in [9.17, 15) is 9.18 Å². The zero-order valence-electron chi connectivity index (χ0n) is 12.3. The molecule has 4 nitrogen and oxygen atoms in total. The minimum Gasteiger partial charge on any atom is -0.481 e. The SMILES string of the molecule is CCNC(=O)COc1ccc(CNCC(C)C)cc1F. The van der Waals surface area contributed by atoms with Crippen LogP contribution in [-0.4, -0.2) is 25.6 Å². The molecule has 0 aromatic heterocycles. The first-order chi connectivity index (χ1) is 9.52. The number of rotatable bonds is 8. The lowest BCUT2D eigenvalue weighted by Gasteiger charge is -2.10. The summed E-state index contributed by atoms with van der Waals surface area (Å²) in [6, 6.07) is 4.78. The number of halogens is 1. The van der Waals surface area contributed by atoms with Crippen molar-refractivity contribution in [3.05, 3.63) is 29.6 Å². The van der Waals surface area contributed by atoms with Crippen LogP contribution in [0, 0.1) is 11.7 Å². The third-order valence-corrected chi connectivity index (χ3v) is 2.61. The van der Waals surface area contributed by atoms with E-state index in [1.54, 1.807) is 12.1 Å².